The van der Waals surface area contributed by atoms with Crippen molar-refractivity contribution in [3.63, 3.8) is 0 Å². The van der Waals surface area contributed by atoms with Gasteiger partial charge in [0.05, 0.1) is 15.4 Å². The lowest BCUT2D eigenvalue weighted by Crippen LogP contribution is -2.44. The maximum atomic E-state index is 13.9. The number of rotatable bonds is 7. The van der Waals surface area contributed by atoms with Crippen molar-refractivity contribution in [1.82, 2.24) is 34.4 Å². The molecule has 5 aromatic rings. The topological polar surface area (TPSA) is 85.7 Å². The third-order valence-corrected chi connectivity index (χ3v) is 9.59. The van der Waals surface area contributed by atoms with Crippen molar-refractivity contribution < 1.29 is 0 Å². The number of benzene rings is 3. The van der Waals surface area contributed by atoms with Crippen LogP contribution in [0.3, 0.4) is 0 Å². The lowest BCUT2D eigenvalue weighted by atomic mass is 10.1. The van der Waals surface area contributed by atoms with Gasteiger partial charge in [-0.05, 0) is 62.1 Å². The van der Waals surface area contributed by atoms with Gasteiger partial charge in [-0.1, -0.05) is 47.5 Å². The Morgan fingerprint density at radius 3 is 2.17 bits per heavy atom. The van der Waals surface area contributed by atoms with E-state index in [0.717, 1.165) is 75.7 Å². The quantitative estimate of drug-likeness (QED) is 0.245. The first-order valence-corrected chi connectivity index (χ1v) is 16.6. The highest BCUT2D eigenvalue weighted by molar-refractivity contribution is 6.37. The van der Waals surface area contributed by atoms with Crippen molar-refractivity contribution in [2.75, 3.05) is 76.7 Å². The van der Waals surface area contributed by atoms with E-state index in [1.807, 2.05) is 24.3 Å². The van der Waals surface area contributed by atoms with E-state index in [2.05, 4.69) is 68.3 Å². The molecule has 0 spiro atoms. The van der Waals surface area contributed by atoms with E-state index in [1.165, 1.54) is 10.4 Å². The summed E-state index contributed by atoms with van der Waals surface area (Å²) in [5.41, 5.74) is 4.91. The molecule has 47 heavy (non-hydrogen) atoms. The van der Waals surface area contributed by atoms with E-state index in [0.29, 0.717) is 38.3 Å². The number of halogens is 2. The fourth-order valence-corrected chi connectivity index (χ4v) is 6.71. The summed E-state index contributed by atoms with van der Waals surface area (Å²) in [5.74, 6) is 0.370. The Hall–Kier alpha value is -4.06. The molecule has 2 aliphatic rings. The molecule has 2 saturated heterocycles. The van der Waals surface area contributed by atoms with Gasteiger partial charge in [-0.15, -0.1) is 0 Å². The van der Waals surface area contributed by atoms with Gasteiger partial charge in [-0.2, -0.15) is 9.78 Å². The van der Waals surface area contributed by atoms with Gasteiger partial charge in [0.25, 0.3) is 5.56 Å². The van der Waals surface area contributed by atoms with Crippen molar-refractivity contribution in [1.29, 1.82) is 0 Å². The highest BCUT2D eigenvalue weighted by atomic mass is 35.5. The third kappa shape index (κ3) is 6.83. The summed E-state index contributed by atoms with van der Waals surface area (Å²) in [7, 11) is 4.31. The molecule has 0 bridgehead atoms. The van der Waals surface area contributed by atoms with Crippen LogP contribution in [0.4, 0.5) is 17.3 Å². The fraction of sp³-hybridized carbons (Fsp3) is 0.314. The minimum absolute atomic E-state index is 0.312. The first-order valence-electron chi connectivity index (χ1n) is 15.9. The number of likely N-dealkylation sites (N-methyl/N-ethyl adjacent to an activating group) is 2. The van der Waals surface area contributed by atoms with E-state index >= 15 is 0 Å². The second kappa shape index (κ2) is 13.6. The van der Waals surface area contributed by atoms with E-state index < -0.39 is 5.56 Å². The Kier molecular flexibility index (Phi) is 9.11. The second-order valence-electron chi connectivity index (χ2n) is 12.3. The van der Waals surface area contributed by atoms with Crippen molar-refractivity contribution in [3.8, 4) is 16.9 Å². The molecule has 0 saturated carbocycles. The molecule has 10 nitrogen and oxygen atoms in total. The number of anilines is 3. The zero-order valence-corrected chi connectivity index (χ0v) is 28.0. The van der Waals surface area contributed by atoms with Crippen molar-refractivity contribution in [2.45, 2.75) is 6.54 Å². The summed E-state index contributed by atoms with van der Waals surface area (Å²) < 4.78 is 1.27. The fourth-order valence-electron chi connectivity index (χ4n) is 6.15. The maximum absolute atomic E-state index is 13.9. The molecule has 12 heteroatoms. The van der Waals surface area contributed by atoms with Gasteiger partial charge in [0.2, 0.25) is 5.95 Å². The van der Waals surface area contributed by atoms with E-state index in [4.69, 9.17) is 33.3 Å². The normalized spacial score (nSPS) is 16.6. The standard InChI is InChI=1S/C35H37Cl2N9O/c1-42-13-17-44(18-14-42)23-24-5-3-6-25(21-24)31-32-28(34(47)46(41-31)33-29(36)7-4-8-30(33)37)22-38-35(40-32)39-26-9-11-27(12-10-26)45-19-15-43(2)16-20-45/h3-12,21-22H,13-20,23H2,1-2H3,(H,38,39,40). The predicted octanol–water partition coefficient (Wildman–Crippen LogP) is 5.39. The molecular weight excluding hydrogens is 633 g/mol. The molecule has 0 aliphatic carbocycles. The van der Waals surface area contributed by atoms with Gasteiger partial charge in [-0.25, -0.2) is 9.97 Å². The van der Waals surface area contributed by atoms with Gasteiger partial charge in [0.1, 0.15) is 16.9 Å². The van der Waals surface area contributed by atoms with Crippen LogP contribution in [0.5, 0.6) is 0 Å². The van der Waals surface area contributed by atoms with Crippen LogP contribution in [-0.4, -0.2) is 101 Å². The summed E-state index contributed by atoms with van der Waals surface area (Å²) in [5, 5.41) is 9.14. The molecule has 3 aromatic carbocycles. The molecule has 1 N–H and O–H groups in total. The zero-order valence-electron chi connectivity index (χ0n) is 26.5. The van der Waals surface area contributed by atoms with Gasteiger partial charge < -0.3 is 20.0 Å². The van der Waals surface area contributed by atoms with Crippen LogP contribution in [0.15, 0.2) is 77.7 Å². The lowest BCUT2D eigenvalue weighted by Gasteiger charge is -2.34. The summed E-state index contributed by atoms with van der Waals surface area (Å²) in [4.78, 5) is 32.9. The van der Waals surface area contributed by atoms with Gasteiger partial charge >= 0.3 is 0 Å². The Morgan fingerprint density at radius 1 is 0.809 bits per heavy atom. The number of piperazine rings is 2. The van der Waals surface area contributed by atoms with E-state index in [1.54, 1.807) is 24.4 Å². The second-order valence-corrected chi connectivity index (χ2v) is 13.1. The summed E-state index contributed by atoms with van der Waals surface area (Å²) in [6.45, 7) is 9.02. The first-order chi connectivity index (χ1) is 22.8. The molecule has 242 valence electrons. The average Bonchev–Trinajstić information content (AvgIpc) is 3.07. The Labute approximate surface area is 284 Å². The summed E-state index contributed by atoms with van der Waals surface area (Å²) in [6.07, 6.45) is 1.55. The number of nitrogens with one attached hydrogen (secondary N) is 1. The smallest absolute Gasteiger partial charge is 0.282 e. The highest BCUT2D eigenvalue weighted by Gasteiger charge is 2.21. The van der Waals surface area contributed by atoms with Gasteiger partial charge in [0.15, 0.2) is 0 Å². The number of fused-ring (bicyclic) bond motifs is 1. The number of hydrogen-bond acceptors (Lipinski definition) is 9. The van der Waals surface area contributed by atoms with Crippen LogP contribution in [0.2, 0.25) is 10.0 Å². The number of aromatic nitrogens is 4. The molecule has 0 atom stereocenters. The number of nitrogens with zero attached hydrogens (tertiary/aromatic N) is 8. The highest BCUT2D eigenvalue weighted by Crippen LogP contribution is 2.31. The molecule has 0 amide bonds. The third-order valence-electron chi connectivity index (χ3n) is 8.98. The lowest BCUT2D eigenvalue weighted by molar-refractivity contribution is 0.148. The number of hydrogen-bond donors (Lipinski definition) is 1. The molecule has 7 rings (SSSR count). The van der Waals surface area contributed by atoms with Crippen LogP contribution < -0.4 is 15.8 Å². The van der Waals surface area contributed by atoms with E-state index in [-0.39, 0.29) is 0 Å². The van der Waals surface area contributed by atoms with Crippen molar-refractivity contribution >= 4 is 51.4 Å². The molecule has 2 aromatic heterocycles. The monoisotopic (exact) mass is 669 g/mol. The van der Waals surface area contributed by atoms with Gasteiger partial charge in [-0.3, -0.25) is 9.69 Å². The van der Waals surface area contributed by atoms with Crippen LogP contribution in [0, 0.1) is 0 Å². The van der Waals surface area contributed by atoms with Crippen LogP contribution in [0.1, 0.15) is 5.56 Å². The molecule has 2 aliphatic heterocycles. The Morgan fingerprint density at radius 2 is 1.47 bits per heavy atom. The van der Waals surface area contributed by atoms with Crippen LogP contribution in [0.25, 0.3) is 27.8 Å². The average molecular weight is 671 g/mol. The Bertz CT molecular complexity index is 1930. The SMILES string of the molecule is CN1CCN(Cc2cccc(-c3nn(-c4c(Cl)cccc4Cl)c(=O)c4cnc(Nc5ccc(N6CCN(C)CC6)cc5)nc34)c2)CC1. The van der Waals surface area contributed by atoms with Crippen LogP contribution in [-0.2, 0) is 6.54 Å². The Balaban J connectivity index is 1.27. The molecule has 2 fully saturated rings. The molecule has 0 radical (unpaired) electrons. The first kappa shape index (κ1) is 31.5. The summed E-state index contributed by atoms with van der Waals surface area (Å²) >= 11 is 13.1. The van der Waals surface area contributed by atoms with Crippen molar-refractivity contribution in [3.05, 3.63) is 98.9 Å². The van der Waals surface area contributed by atoms with Gasteiger partial charge in [0, 0.05) is 82.0 Å². The molecule has 4 heterocycles. The minimum Gasteiger partial charge on any atom is -0.369 e. The van der Waals surface area contributed by atoms with Crippen molar-refractivity contribution in [2.24, 2.45) is 0 Å². The number of para-hydroxylation sites is 1. The van der Waals surface area contributed by atoms with E-state index in [9.17, 15) is 4.79 Å². The van der Waals surface area contributed by atoms with Crippen LogP contribution >= 0.6 is 23.2 Å². The molecular formula is C35H37Cl2N9O. The largest absolute Gasteiger partial charge is 0.369 e. The summed E-state index contributed by atoms with van der Waals surface area (Å²) in [6, 6.07) is 21.7. The maximum Gasteiger partial charge on any atom is 0.282 e. The predicted molar refractivity (Wildman–Crippen MR) is 191 cm³/mol. The zero-order chi connectivity index (χ0) is 32.5. The minimum atomic E-state index is -0.407. The molecule has 0 unspecified atom stereocenters.